The van der Waals surface area contributed by atoms with Crippen LogP contribution in [0, 0.1) is 23.0 Å². The summed E-state index contributed by atoms with van der Waals surface area (Å²) in [4.78, 5) is 21.0. The van der Waals surface area contributed by atoms with Crippen molar-refractivity contribution in [2.45, 2.75) is 25.3 Å². The van der Waals surface area contributed by atoms with Crippen molar-refractivity contribution in [3.05, 3.63) is 17.0 Å². The Morgan fingerprint density at radius 3 is 2.85 bits per heavy atom. The monoisotopic (exact) mass is 186 g/mol. The minimum absolute atomic E-state index is 0.152. The van der Waals surface area contributed by atoms with E-state index in [1.165, 1.54) is 6.92 Å². The molecule has 1 fully saturated rings. The Hall–Kier alpha value is -1.26. The third-order valence-electron chi connectivity index (χ3n) is 2.17. The largest absolute Gasteiger partial charge is 0.465 e. The summed E-state index contributed by atoms with van der Waals surface area (Å²) in [7, 11) is 0. The summed E-state index contributed by atoms with van der Waals surface area (Å²) in [5.74, 6) is -0.690. The lowest BCUT2D eigenvalue weighted by atomic mass is 9.90. The molecule has 0 aromatic heterocycles. The molecule has 0 aromatic rings. The summed E-state index contributed by atoms with van der Waals surface area (Å²) in [5, 5.41) is 10.5. The topological polar surface area (TPSA) is 69.4 Å². The molecule has 5 nitrogen and oxygen atoms in total. The maximum Gasteiger partial charge on any atom is 0.342 e. The SMILES string of the molecule is [CH2+]C(C)(C[C@@H]1CCOC1=O)[N+](=O)[O-]. The second-order valence-corrected chi connectivity index (χ2v) is 3.61. The van der Waals surface area contributed by atoms with Gasteiger partial charge in [0, 0.05) is 0 Å². The number of carbonyl (C=O) groups excluding carboxylic acids is 1. The quantitative estimate of drug-likeness (QED) is 0.283. The lowest BCUT2D eigenvalue weighted by Crippen LogP contribution is -2.34. The first-order valence-corrected chi connectivity index (χ1v) is 4.10. The number of nitrogens with zero attached hydrogens (tertiary/aromatic N) is 1. The minimum atomic E-state index is -1.28. The number of hydrogen-bond acceptors (Lipinski definition) is 4. The molecule has 1 aliphatic heterocycles. The molecule has 0 aliphatic carbocycles. The highest BCUT2D eigenvalue weighted by atomic mass is 16.6. The highest BCUT2D eigenvalue weighted by Crippen LogP contribution is 2.26. The molecular weight excluding hydrogens is 174 g/mol. The van der Waals surface area contributed by atoms with E-state index >= 15 is 0 Å². The molecule has 0 N–H and O–H groups in total. The number of hydrogen-bond donors (Lipinski definition) is 0. The molecule has 1 unspecified atom stereocenters. The maximum absolute atomic E-state index is 11.0. The van der Waals surface area contributed by atoms with Gasteiger partial charge in [-0.1, -0.05) is 0 Å². The normalized spacial score (nSPS) is 26.5. The second-order valence-electron chi connectivity index (χ2n) is 3.61. The molecule has 1 rings (SSSR count). The van der Waals surface area contributed by atoms with Crippen molar-refractivity contribution >= 4 is 5.97 Å². The third kappa shape index (κ3) is 2.11. The van der Waals surface area contributed by atoms with Crippen molar-refractivity contribution in [3.63, 3.8) is 0 Å². The van der Waals surface area contributed by atoms with Crippen LogP contribution in [0.1, 0.15) is 19.8 Å². The summed E-state index contributed by atoms with van der Waals surface area (Å²) < 4.78 is 4.70. The van der Waals surface area contributed by atoms with Crippen LogP contribution in [-0.2, 0) is 9.53 Å². The van der Waals surface area contributed by atoms with Gasteiger partial charge in [-0.25, -0.2) is 0 Å². The first-order chi connectivity index (χ1) is 5.93. The standard InChI is InChI=1S/C8H12NO4/c1-8(2,9(11)12)5-6-3-4-13-7(6)10/h6H,1,3-5H2,2H3/q+1/t6-,8?/m0/s1. The third-order valence-corrected chi connectivity index (χ3v) is 2.17. The van der Waals surface area contributed by atoms with Crippen LogP contribution < -0.4 is 0 Å². The van der Waals surface area contributed by atoms with E-state index in [1.54, 1.807) is 0 Å². The Morgan fingerprint density at radius 1 is 1.85 bits per heavy atom. The van der Waals surface area contributed by atoms with Crippen LogP contribution in [0.4, 0.5) is 0 Å². The number of ether oxygens (including phenoxy) is 1. The van der Waals surface area contributed by atoms with Gasteiger partial charge in [0.1, 0.15) is 6.92 Å². The smallest absolute Gasteiger partial charge is 0.342 e. The maximum atomic E-state index is 11.0. The summed E-state index contributed by atoms with van der Waals surface area (Å²) >= 11 is 0. The number of cyclic esters (lactones) is 1. The van der Waals surface area contributed by atoms with Crippen molar-refractivity contribution in [1.29, 1.82) is 0 Å². The summed E-state index contributed by atoms with van der Waals surface area (Å²) in [6.07, 6.45) is 0.719. The predicted octanol–water partition coefficient (Wildman–Crippen LogP) is 0.809. The van der Waals surface area contributed by atoms with Crippen molar-refractivity contribution in [3.8, 4) is 0 Å². The average Bonchev–Trinajstić information content (AvgIpc) is 2.35. The van der Waals surface area contributed by atoms with E-state index in [0.29, 0.717) is 13.0 Å². The number of nitro groups is 1. The molecule has 0 amide bonds. The lowest BCUT2D eigenvalue weighted by Gasteiger charge is -2.11. The Labute approximate surface area is 76.2 Å². The minimum Gasteiger partial charge on any atom is -0.465 e. The number of carbonyl (C=O) groups is 1. The van der Waals surface area contributed by atoms with E-state index in [1.807, 2.05) is 0 Å². The zero-order chi connectivity index (χ0) is 10.1. The van der Waals surface area contributed by atoms with Crippen molar-refractivity contribution in [2.24, 2.45) is 5.92 Å². The van der Waals surface area contributed by atoms with E-state index in [2.05, 4.69) is 6.92 Å². The van der Waals surface area contributed by atoms with Gasteiger partial charge < -0.3 is 4.74 Å². The van der Waals surface area contributed by atoms with Gasteiger partial charge in [-0.3, -0.25) is 14.9 Å². The van der Waals surface area contributed by atoms with Gasteiger partial charge >= 0.3 is 11.5 Å². The van der Waals surface area contributed by atoms with Crippen LogP contribution in [-0.4, -0.2) is 23.0 Å². The van der Waals surface area contributed by atoms with Crippen molar-refractivity contribution in [2.75, 3.05) is 6.61 Å². The predicted molar refractivity (Wildman–Crippen MR) is 44.4 cm³/mol. The molecule has 0 aromatic carbocycles. The fraction of sp³-hybridized carbons (Fsp3) is 0.750. The van der Waals surface area contributed by atoms with Gasteiger partial charge in [0.25, 0.3) is 0 Å². The summed E-state index contributed by atoms with van der Waals surface area (Å²) in [6, 6.07) is 0. The van der Waals surface area contributed by atoms with E-state index < -0.39 is 10.5 Å². The Morgan fingerprint density at radius 2 is 2.46 bits per heavy atom. The molecular formula is C8H12NO4+. The van der Waals surface area contributed by atoms with Crippen LogP contribution in [0.5, 0.6) is 0 Å². The molecule has 0 bridgehead atoms. The van der Waals surface area contributed by atoms with E-state index in [-0.39, 0.29) is 18.3 Å². The van der Waals surface area contributed by atoms with Gasteiger partial charge in [-0.15, -0.1) is 0 Å². The van der Waals surface area contributed by atoms with Crippen LogP contribution in [0.3, 0.4) is 0 Å². The second kappa shape index (κ2) is 3.24. The fourth-order valence-corrected chi connectivity index (χ4v) is 1.33. The number of rotatable bonds is 3. The molecule has 5 heteroatoms. The van der Waals surface area contributed by atoms with Crippen molar-refractivity contribution < 1.29 is 14.5 Å². The van der Waals surface area contributed by atoms with E-state index in [9.17, 15) is 14.9 Å². The Kier molecular flexibility index (Phi) is 2.45. The van der Waals surface area contributed by atoms with Crippen LogP contribution in [0.25, 0.3) is 0 Å². The Balaban J connectivity index is 2.57. The molecule has 0 spiro atoms. The molecule has 13 heavy (non-hydrogen) atoms. The zero-order valence-corrected chi connectivity index (χ0v) is 7.49. The van der Waals surface area contributed by atoms with Crippen molar-refractivity contribution in [1.82, 2.24) is 0 Å². The number of esters is 1. The highest BCUT2D eigenvalue weighted by Gasteiger charge is 2.45. The van der Waals surface area contributed by atoms with Gasteiger partial charge in [-0.2, -0.15) is 0 Å². The lowest BCUT2D eigenvalue weighted by molar-refractivity contribution is -0.553. The molecule has 0 radical (unpaired) electrons. The molecule has 2 atom stereocenters. The van der Waals surface area contributed by atoms with Gasteiger partial charge in [-0.05, 0) is 6.42 Å². The summed E-state index contributed by atoms with van der Waals surface area (Å²) in [5.41, 5.74) is -1.28. The van der Waals surface area contributed by atoms with E-state index in [0.717, 1.165) is 0 Å². The van der Waals surface area contributed by atoms with Gasteiger partial charge in [0.05, 0.1) is 30.8 Å². The first kappa shape index (κ1) is 9.83. The van der Waals surface area contributed by atoms with Gasteiger partial charge in [0.15, 0.2) is 0 Å². The van der Waals surface area contributed by atoms with Gasteiger partial charge in [0.2, 0.25) is 0 Å². The average molecular weight is 186 g/mol. The molecule has 1 saturated heterocycles. The highest BCUT2D eigenvalue weighted by molar-refractivity contribution is 5.74. The van der Waals surface area contributed by atoms with Crippen LogP contribution in [0.2, 0.25) is 0 Å². The molecule has 72 valence electrons. The zero-order valence-electron chi connectivity index (χ0n) is 7.49. The van der Waals surface area contributed by atoms with Crippen LogP contribution >= 0.6 is 0 Å². The molecule has 0 saturated carbocycles. The summed E-state index contributed by atoms with van der Waals surface area (Å²) in [6.45, 7) is 5.25. The fourth-order valence-electron chi connectivity index (χ4n) is 1.33. The molecule has 1 heterocycles. The van der Waals surface area contributed by atoms with E-state index in [4.69, 9.17) is 4.74 Å². The molecule has 1 aliphatic rings. The van der Waals surface area contributed by atoms with Crippen LogP contribution in [0.15, 0.2) is 0 Å². The first-order valence-electron chi connectivity index (χ1n) is 4.10. The Bertz CT molecular complexity index is 236.